The molecule has 0 spiro atoms. The van der Waals surface area contributed by atoms with Crippen LogP contribution < -0.4 is 0 Å². The van der Waals surface area contributed by atoms with Crippen LogP contribution in [0.15, 0.2) is 30.5 Å². The number of aryl methyl sites for hydroxylation is 2. The highest BCUT2D eigenvalue weighted by Gasteiger charge is 2.15. The minimum atomic E-state index is 0.204. The first kappa shape index (κ1) is 11.9. The van der Waals surface area contributed by atoms with Gasteiger partial charge in [0, 0.05) is 18.8 Å². The highest BCUT2D eigenvalue weighted by atomic mass is 15.3. The zero-order valence-corrected chi connectivity index (χ0v) is 11.3. The van der Waals surface area contributed by atoms with Crippen molar-refractivity contribution >= 4 is 0 Å². The Kier molecular flexibility index (Phi) is 2.82. The first-order chi connectivity index (χ1) is 7.89. The van der Waals surface area contributed by atoms with Gasteiger partial charge in [-0.3, -0.25) is 4.68 Å². The lowest BCUT2D eigenvalue weighted by Gasteiger charge is -2.20. The molecule has 2 aromatic rings. The van der Waals surface area contributed by atoms with E-state index < -0.39 is 0 Å². The Morgan fingerprint density at radius 2 is 1.82 bits per heavy atom. The van der Waals surface area contributed by atoms with Crippen LogP contribution in [-0.2, 0) is 12.5 Å². The summed E-state index contributed by atoms with van der Waals surface area (Å²) in [6, 6.07) is 8.75. The molecule has 0 unspecified atom stereocenters. The highest BCUT2D eigenvalue weighted by molar-refractivity contribution is 5.64. The van der Waals surface area contributed by atoms with Crippen molar-refractivity contribution in [2.75, 3.05) is 0 Å². The molecule has 0 N–H and O–H groups in total. The maximum Gasteiger partial charge on any atom is 0.0681 e. The number of hydrogen-bond acceptors (Lipinski definition) is 1. The predicted octanol–water partition coefficient (Wildman–Crippen LogP) is 3.69. The van der Waals surface area contributed by atoms with Gasteiger partial charge in [0.25, 0.3) is 0 Å². The fourth-order valence-electron chi connectivity index (χ4n) is 2.06. The molecule has 0 saturated heterocycles. The molecular weight excluding hydrogens is 208 g/mol. The average molecular weight is 228 g/mol. The molecule has 90 valence electrons. The summed E-state index contributed by atoms with van der Waals surface area (Å²) in [5, 5.41) is 4.22. The molecule has 0 saturated carbocycles. The van der Waals surface area contributed by atoms with Gasteiger partial charge in [-0.1, -0.05) is 39.0 Å². The van der Waals surface area contributed by atoms with Gasteiger partial charge in [-0.25, -0.2) is 0 Å². The number of rotatable bonds is 1. The molecule has 0 fully saturated rings. The van der Waals surface area contributed by atoms with E-state index in [1.54, 1.807) is 0 Å². The summed E-state index contributed by atoms with van der Waals surface area (Å²) in [6.45, 7) is 8.89. The average Bonchev–Trinajstić information content (AvgIpc) is 2.63. The van der Waals surface area contributed by atoms with Crippen LogP contribution in [0.25, 0.3) is 11.3 Å². The third-order valence-corrected chi connectivity index (χ3v) is 3.19. The Bertz CT molecular complexity index is 530. The van der Waals surface area contributed by atoms with Crippen molar-refractivity contribution in [3.8, 4) is 11.3 Å². The van der Waals surface area contributed by atoms with Crippen LogP contribution in [-0.4, -0.2) is 9.78 Å². The smallest absolute Gasteiger partial charge is 0.0681 e. The Morgan fingerprint density at radius 3 is 2.29 bits per heavy atom. The van der Waals surface area contributed by atoms with Gasteiger partial charge in [-0.15, -0.1) is 0 Å². The van der Waals surface area contributed by atoms with Crippen LogP contribution in [0, 0.1) is 6.92 Å². The third kappa shape index (κ3) is 2.26. The van der Waals surface area contributed by atoms with E-state index in [2.05, 4.69) is 57.1 Å². The van der Waals surface area contributed by atoms with Gasteiger partial charge in [-0.05, 0) is 29.5 Å². The second-order valence-electron chi connectivity index (χ2n) is 5.62. The molecule has 0 aliphatic heterocycles. The standard InChI is InChI=1S/C15H20N2/c1-11-10-12(15(2,3)4)6-7-13(11)14-8-9-16-17(14)5/h6-10H,1-5H3. The molecule has 0 atom stereocenters. The summed E-state index contributed by atoms with van der Waals surface area (Å²) in [5.74, 6) is 0. The van der Waals surface area contributed by atoms with Crippen LogP contribution in [0.1, 0.15) is 31.9 Å². The quantitative estimate of drug-likeness (QED) is 0.728. The lowest BCUT2D eigenvalue weighted by atomic mass is 9.85. The van der Waals surface area contributed by atoms with E-state index >= 15 is 0 Å². The van der Waals surface area contributed by atoms with E-state index in [0.29, 0.717) is 0 Å². The van der Waals surface area contributed by atoms with Crippen molar-refractivity contribution in [3.63, 3.8) is 0 Å². The van der Waals surface area contributed by atoms with Gasteiger partial charge in [0.2, 0.25) is 0 Å². The van der Waals surface area contributed by atoms with E-state index in [1.165, 1.54) is 22.4 Å². The molecule has 0 bridgehead atoms. The van der Waals surface area contributed by atoms with Crippen molar-refractivity contribution < 1.29 is 0 Å². The van der Waals surface area contributed by atoms with Gasteiger partial charge in [-0.2, -0.15) is 5.10 Å². The van der Waals surface area contributed by atoms with E-state index in [1.807, 2.05) is 17.9 Å². The van der Waals surface area contributed by atoms with Crippen molar-refractivity contribution in [2.45, 2.75) is 33.1 Å². The van der Waals surface area contributed by atoms with Crippen LogP contribution in [0.2, 0.25) is 0 Å². The van der Waals surface area contributed by atoms with Crippen LogP contribution in [0.3, 0.4) is 0 Å². The minimum Gasteiger partial charge on any atom is -0.268 e. The minimum absolute atomic E-state index is 0.204. The number of nitrogens with zero attached hydrogens (tertiary/aromatic N) is 2. The Balaban J connectivity index is 2.50. The van der Waals surface area contributed by atoms with Gasteiger partial charge in [0.05, 0.1) is 5.69 Å². The second kappa shape index (κ2) is 4.02. The largest absolute Gasteiger partial charge is 0.268 e. The maximum absolute atomic E-state index is 4.22. The van der Waals surface area contributed by atoms with Crippen LogP contribution in [0.4, 0.5) is 0 Å². The molecule has 0 amide bonds. The Hall–Kier alpha value is -1.57. The molecule has 2 rings (SSSR count). The molecular formula is C15H20N2. The summed E-state index contributed by atoms with van der Waals surface area (Å²) in [4.78, 5) is 0. The summed E-state index contributed by atoms with van der Waals surface area (Å²) in [7, 11) is 1.98. The lowest BCUT2D eigenvalue weighted by Crippen LogP contribution is -2.11. The summed E-state index contributed by atoms with van der Waals surface area (Å²) < 4.78 is 1.92. The van der Waals surface area contributed by atoms with E-state index in [4.69, 9.17) is 0 Å². The molecule has 0 aliphatic carbocycles. The highest BCUT2D eigenvalue weighted by Crippen LogP contribution is 2.28. The maximum atomic E-state index is 4.22. The number of hydrogen-bond donors (Lipinski definition) is 0. The fraction of sp³-hybridized carbons (Fsp3) is 0.400. The van der Waals surface area contributed by atoms with Crippen molar-refractivity contribution in [3.05, 3.63) is 41.6 Å². The molecule has 1 aromatic heterocycles. The van der Waals surface area contributed by atoms with Gasteiger partial charge in [0.15, 0.2) is 0 Å². The van der Waals surface area contributed by atoms with Crippen molar-refractivity contribution in [1.29, 1.82) is 0 Å². The van der Waals surface area contributed by atoms with E-state index in [-0.39, 0.29) is 5.41 Å². The Labute approximate surface area is 103 Å². The van der Waals surface area contributed by atoms with Crippen LogP contribution in [0.5, 0.6) is 0 Å². The molecule has 0 radical (unpaired) electrons. The monoisotopic (exact) mass is 228 g/mol. The van der Waals surface area contributed by atoms with Crippen molar-refractivity contribution in [2.24, 2.45) is 7.05 Å². The molecule has 1 aromatic carbocycles. The van der Waals surface area contributed by atoms with Gasteiger partial charge < -0.3 is 0 Å². The van der Waals surface area contributed by atoms with Gasteiger partial charge >= 0.3 is 0 Å². The summed E-state index contributed by atoms with van der Waals surface area (Å²) >= 11 is 0. The zero-order valence-electron chi connectivity index (χ0n) is 11.3. The third-order valence-electron chi connectivity index (χ3n) is 3.19. The molecule has 2 nitrogen and oxygen atoms in total. The van der Waals surface area contributed by atoms with E-state index in [0.717, 1.165) is 0 Å². The first-order valence-corrected chi connectivity index (χ1v) is 5.99. The van der Waals surface area contributed by atoms with E-state index in [9.17, 15) is 0 Å². The predicted molar refractivity (Wildman–Crippen MR) is 72.1 cm³/mol. The normalized spacial score (nSPS) is 11.8. The second-order valence-corrected chi connectivity index (χ2v) is 5.62. The topological polar surface area (TPSA) is 17.8 Å². The van der Waals surface area contributed by atoms with Gasteiger partial charge in [0.1, 0.15) is 0 Å². The molecule has 0 aliphatic rings. The molecule has 2 heteroatoms. The fourth-order valence-corrected chi connectivity index (χ4v) is 2.06. The first-order valence-electron chi connectivity index (χ1n) is 5.99. The lowest BCUT2D eigenvalue weighted by molar-refractivity contribution is 0.590. The summed E-state index contributed by atoms with van der Waals surface area (Å²) in [5.41, 5.74) is 5.32. The number of aromatic nitrogens is 2. The number of benzene rings is 1. The zero-order chi connectivity index (χ0) is 12.6. The van der Waals surface area contributed by atoms with Crippen molar-refractivity contribution in [1.82, 2.24) is 9.78 Å². The van der Waals surface area contributed by atoms with Crippen LogP contribution >= 0.6 is 0 Å². The SMILES string of the molecule is Cc1cc(C(C)(C)C)ccc1-c1ccnn1C. The Morgan fingerprint density at radius 1 is 1.12 bits per heavy atom. The molecule has 1 heterocycles. The summed E-state index contributed by atoms with van der Waals surface area (Å²) in [6.07, 6.45) is 1.84. The molecule has 17 heavy (non-hydrogen) atoms.